The summed E-state index contributed by atoms with van der Waals surface area (Å²) in [6, 6.07) is 0. The molecule has 1 radical (unpaired) electrons. The molecule has 5 N–H and O–H groups in total. The van der Waals surface area contributed by atoms with Crippen LogP contribution in [-0.4, -0.2) is 16.2 Å². The Hall–Kier alpha value is -0.360. The third-order valence-corrected chi connectivity index (χ3v) is 0.175. The second kappa shape index (κ2) is 11.4. The van der Waals surface area contributed by atoms with E-state index >= 15 is 0 Å². The van der Waals surface area contributed by atoms with E-state index in [0.717, 1.165) is 6.08 Å². The van der Waals surface area contributed by atoms with Crippen LogP contribution in [0.5, 0.6) is 0 Å². The van der Waals surface area contributed by atoms with Gasteiger partial charge in [-0.2, -0.15) is 0 Å². The van der Waals surface area contributed by atoms with Crippen LogP contribution in [0, 0.1) is 0 Å². The van der Waals surface area contributed by atoms with Crippen molar-refractivity contribution in [3.05, 3.63) is 12.7 Å². The van der Waals surface area contributed by atoms with Crippen molar-refractivity contribution < 1.29 is 32.3 Å². The number of thiocarbonyl (C=S) groups is 1. The summed E-state index contributed by atoms with van der Waals surface area (Å²) in [6.07, 6.45) is 0.833. The van der Waals surface area contributed by atoms with E-state index in [9.17, 15) is 4.79 Å². The first-order valence-electron chi connectivity index (χ1n) is 1.91. The molecule has 0 aromatic carbocycles. The van der Waals surface area contributed by atoms with Crippen LogP contribution in [0.1, 0.15) is 0 Å². The van der Waals surface area contributed by atoms with Crippen molar-refractivity contribution in [2.45, 2.75) is 0 Å². The molecular weight excluding hydrogens is 248 g/mol. The molecule has 0 aliphatic carbocycles. The van der Waals surface area contributed by atoms with Gasteiger partial charge in [0.25, 0.3) is 0 Å². The van der Waals surface area contributed by atoms with Gasteiger partial charge in [0, 0.05) is 28.5 Å². The van der Waals surface area contributed by atoms with Gasteiger partial charge in [-0.1, -0.05) is 6.58 Å². The fourth-order valence-electron chi connectivity index (χ4n) is 0. The Morgan fingerprint density at radius 1 is 1.60 bits per heavy atom. The smallest absolute Gasteiger partial charge is 0.327 e. The zero-order valence-corrected chi connectivity index (χ0v) is 7.30. The minimum atomic E-state index is -0.981. The number of rotatable bonds is 1. The average molecular weight is 256 g/mol. The number of carbonyl (C=O) groups is 1. The molecule has 63 valence electrons. The number of aliphatic carboxylic acids is 1. The van der Waals surface area contributed by atoms with Gasteiger partial charge in [0.2, 0.25) is 0 Å². The molecule has 0 saturated heterocycles. The number of hydrogen-bond acceptors (Lipinski definition) is 2. The molecule has 0 aromatic heterocycles. The molecule has 0 aliphatic heterocycles. The van der Waals surface area contributed by atoms with E-state index in [-0.39, 0.29) is 27.5 Å². The maximum Gasteiger partial charge on any atom is 0.327 e. The van der Waals surface area contributed by atoms with Crippen LogP contribution >= 0.6 is 12.2 Å². The molecule has 0 spiro atoms. The van der Waals surface area contributed by atoms with Crippen LogP contribution in [-0.2, 0) is 27.2 Å². The van der Waals surface area contributed by atoms with E-state index < -0.39 is 5.97 Å². The van der Waals surface area contributed by atoms with Crippen molar-refractivity contribution >= 4 is 23.3 Å². The molecule has 0 unspecified atom stereocenters. The maximum absolute atomic E-state index is 9.25. The summed E-state index contributed by atoms with van der Waals surface area (Å²) in [5.41, 5.74) is 9.24. The molecule has 0 rings (SSSR count). The molecule has 0 saturated carbocycles. The summed E-state index contributed by atoms with van der Waals surface area (Å²) >= 11 is 4.09. The number of carboxylic acids is 1. The van der Waals surface area contributed by atoms with Gasteiger partial charge in [-0.15, -0.1) is 0 Å². The summed E-state index contributed by atoms with van der Waals surface area (Å²) < 4.78 is 0. The molecule has 0 fully saturated rings. The summed E-state index contributed by atoms with van der Waals surface area (Å²) in [5, 5.41) is 7.60. The van der Waals surface area contributed by atoms with Gasteiger partial charge >= 0.3 is 5.97 Å². The van der Waals surface area contributed by atoms with Crippen LogP contribution in [0.15, 0.2) is 12.7 Å². The predicted molar refractivity (Wildman–Crippen MR) is 38.8 cm³/mol. The van der Waals surface area contributed by atoms with Crippen LogP contribution in [0.2, 0.25) is 0 Å². The SMILES string of the molecule is C=CC(=O)O.NC(N)=S.[Ag]. The van der Waals surface area contributed by atoms with Crippen molar-refractivity contribution in [2.75, 3.05) is 0 Å². The van der Waals surface area contributed by atoms with Crippen LogP contribution < -0.4 is 11.5 Å². The van der Waals surface area contributed by atoms with E-state index in [4.69, 9.17) is 5.11 Å². The maximum atomic E-state index is 9.25. The van der Waals surface area contributed by atoms with Gasteiger partial charge in [0.15, 0.2) is 5.11 Å². The van der Waals surface area contributed by atoms with Gasteiger partial charge in [-0.3, -0.25) is 0 Å². The number of carboxylic acid groups (broad SMARTS) is 1. The van der Waals surface area contributed by atoms with Gasteiger partial charge in [0.1, 0.15) is 0 Å². The van der Waals surface area contributed by atoms with Crippen LogP contribution in [0.4, 0.5) is 0 Å². The Kier molecular flexibility index (Phi) is 18.7. The second-order valence-corrected chi connectivity index (χ2v) is 1.42. The molecule has 6 heteroatoms. The Morgan fingerprint density at radius 2 is 1.70 bits per heavy atom. The van der Waals surface area contributed by atoms with Crippen molar-refractivity contribution in [1.29, 1.82) is 0 Å². The fourth-order valence-corrected chi connectivity index (χ4v) is 0. The standard InChI is InChI=1S/C3H4O2.CH4N2S.Ag/c1-2-3(4)5;2-1(3)4;/h2H,1H2,(H,4,5);(H4,2,3,4);. The van der Waals surface area contributed by atoms with E-state index in [0.29, 0.717) is 0 Å². The zero-order chi connectivity index (χ0) is 7.86. The molecule has 0 aliphatic rings. The topological polar surface area (TPSA) is 89.3 Å². The second-order valence-electron chi connectivity index (χ2n) is 0.945. The predicted octanol–water partition coefficient (Wildman–Crippen LogP) is -0.557. The van der Waals surface area contributed by atoms with E-state index in [1.165, 1.54) is 0 Å². The van der Waals surface area contributed by atoms with Crippen molar-refractivity contribution in [3.8, 4) is 0 Å². The first-order valence-corrected chi connectivity index (χ1v) is 2.31. The third-order valence-electron chi connectivity index (χ3n) is 0.175. The van der Waals surface area contributed by atoms with Gasteiger partial charge in [-0.25, -0.2) is 4.79 Å². The summed E-state index contributed by atoms with van der Waals surface area (Å²) in [4.78, 5) is 9.25. The van der Waals surface area contributed by atoms with E-state index in [1.54, 1.807) is 0 Å². The summed E-state index contributed by atoms with van der Waals surface area (Å²) in [5.74, 6) is -0.981. The molecular formula is C4H8AgN2O2S. The van der Waals surface area contributed by atoms with Crippen molar-refractivity contribution in [3.63, 3.8) is 0 Å². The van der Waals surface area contributed by atoms with Gasteiger partial charge in [-0.05, 0) is 12.2 Å². The Balaban J connectivity index is -0.0000000910. The Bertz CT molecular complexity index is 124. The largest absolute Gasteiger partial charge is 0.478 e. The molecule has 4 nitrogen and oxygen atoms in total. The molecule has 0 heterocycles. The monoisotopic (exact) mass is 255 g/mol. The molecule has 0 aromatic rings. The minimum absolute atomic E-state index is 0. The van der Waals surface area contributed by atoms with Crippen molar-refractivity contribution in [2.24, 2.45) is 11.5 Å². The summed E-state index contributed by atoms with van der Waals surface area (Å²) in [6.45, 7) is 2.96. The molecule has 10 heavy (non-hydrogen) atoms. The van der Waals surface area contributed by atoms with E-state index in [2.05, 4.69) is 30.3 Å². The number of nitrogens with two attached hydrogens (primary N) is 2. The molecule has 0 atom stereocenters. The van der Waals surface area contributed by atoms with E-state index in [1.807, 2.05) is 0 Å². The minimum Gasteiger partial charge on any atom is -0.478 e. The third kappa shape index (κ3) is 125. The van der Waals surface area contributed by atoms with Crippen LogP contribution in [0.3, 0.4) is 0 Å². The Morgan fingerprint density at radius 3 is 1.70 bits per heavy atom. The number of hydrogen-bond donors (Lipinski definition) is 3. The van der Waals surface area contributed by atoms with Gasteiger partial charge in [0.05, 0.1) is 0 Å². The van der Waals surface area contributed by atoms with Crippen molar-refractivity contribution in [1.82, 2.24) is 0 Å². The first-order chi connectivity index (χ1) is 4.00. The Labute approximate surface area is 79.8 Å². The quantitative estimate of drug-likeness (QED) is 0.332. The first kappa shape index (κ1) is 16.3. The average Bonchev–Trinajstić information content (AvgIpc) is 1.65. The molecule has 0 bridgehead atoms. The zero-order valence-electron chi connectivity index (χ0n) is 5.00. The summed E-state index contributed by atoms with van der Waals surface area (Å²) in [7, 11) is 0. The molecule has 0 amide bonds. The fraction of sp³-hybridized carbons (Fsp3) is 0. The van der Waals surface area contributed by atoms with Gasteiger partial charge < -0.3 is 16.6 Å². The van der Waals surface area contributed by atoms with Crippen LogP contribution in [0.25, 0.3) is 0 Å². The normalized spacial score (nSPS) is 5.60.